The molecular formula is C24H39N5O. The Hall–Kier alpha value is -1.89. The largest absolute Gasteiger partial charge is 0.379 e. The van der Waals surface area contributed by atoms with Crippen LogP contribution >= 0.6 is 0 Å². The third kappa shape index (κ3) is 8.09. The van der Waals surface area contributed by atoms with Crippen LogP contribution in [0.1, 0.15) is 25.3 Å². The quantitative estimate of drug-likeness (QED) is 0.383. The minimum atomic E-state index is 0.886. The van der Waals surface area contributed by atoms with Gasteiger partial charge in [-0.1, -0.05) is 42.5 Å². The Morgan fingerprint density at radius 3 is 2.50 bits per heavy atom. The number of morpholine rings is 1. The summed E-state index contributed by atoms with van der Waals surface area (Å²) in [5.41, 5.74) is 1.27. The number of piperazine rings is 1. The van der Waals surface area contributed by atoms with Crippen LogP contribution in [-0.2, 0) is 4.74 Å². The molecule has 30 heavy (non-hydrogen) atoms. The van der Waals surface area contributed by atoms with Crippen LogP contribution in [0, 0.1) is 0 Å². The SMILES string of the molecule is CCNC(=NCCCCN1CCOCC1)N1CCN(C/C=C/c2ccccc2)CC1. The number of guanidine groups is 1. The van der Waals surface area contributed by atoms with E-state index in [1.165, 1.54) is 18.5 Å². The molecule has 166 valence electrons. The number of hydrogen-bond donors (Lipinski definition) is 1. The average Bonchev–Trinajstić information content (AvgIpc) is 2.80. The molecule has 0 spiro atoms. The first-order valence-corrected chi connectivity index (χ1v) is 11.6. The van der Waals surface area contributed by atoms with Crippen LogP contribution in [-0.4, -0.2) is 99.3 Å². The molecule has 2 fully saturated rings. The molecule has 0 atom stereocenters. The predicted molar refractivity (Wildman–Crippen MR) is 126 cm³/mol. The van der Waals surface area contributed by atoms with Crippen LogP contribution in [0.25, 0.3) is 6.08 Å². The molecule has 0 amide bonds. The van der Waals surface area contributed by atoms with Gasteiger partial charge in [-0.05, 0) is 31.9 Å². The van der Waals surface area contributed by atoms with Crippen LogP contribution in [0.5, 0.6) is 0 Å². The van der Waals surface area contributed by atoms with Crippen molar-refractivity contribution >= 4 is 12.0 Å². The van der Waals surface area contributed by atoms with E-state index in [9.17, 15) is 0 Å². The van der Waals surface area contributed by atoms with Gasteiger partial charge in [-0.25, -0.2) is 0 Å². The van der Waals surface area contributed by atoms with Gasteiger partial charge in [-0.3, -0.25) is 14.8 Å². The molecule has 0 saturated carbocycles. The highest BCUT2D eigenvalue weighted by Gasteiger charge is 2.18. The Bertz CT molecular complexity index is 634. The second-order valence-electron chi connectivity index (χ2n) is 8.00. The van der Waals surface area contributed by atoms with Crippen molar-refractivity contribution in [3.05, 3.63) is 42.0 Å². The van der Waals surface area contributed by atoms with Gasteiger partial charge in [-0.2, -0.15) is 0 Å². The van der Waals surface area contributed by atoms with E-state index in [2.05, 4.69) is 69.4 Å². The lowest BCUT2D eigenvalue weighted by Gasteiger charge is -2.36. The number of hydrogen-bond acceptors (Lipinski definition) is 4. The molecule has 2 aliphatic rings. The number of aliphatic imine (C=N–C) groups is 1. The van der Waals surface area contributed by atoms with Crippen molar-refractivity contribution in [1.29, 1.82) is 0 Å². The van der Waals surface area contributed by atoms with Gasteiger partial charge in [0.2, 0.25) is 0 Å². The van der Waals surface area contributed by atoms with Crippen molar-refractivity contribution in [3.8, 4) is 0 Å². The fourth-order valence-electron chi connectivity index (χ4n) is 3.93. The molecule has 1 aromatic carbocycles. The molecule has 2 heterocycles. The molecule has 6 nitrogen and oxygen atoms in total. The Morgan fingerprint density at radius 2 is 1.77 bits per heavy atom. The van der Waals surface area contributed by atoms with Crippen molar-refractivity contribution in [1.82, 2.24) is 20.0 Å². The molecule has 0 aromatic heterocycles. The number of nitrogens with one attached hydrogen (secondary N) is 1. The van der Waals surface area contributed by atoms with E-state index in [1.807, 2.05) is 0 Å². The molecule has 0 unspecified atom stereocenters. The van der Waals surface area contributed by atoms with Crippen molar-refractivity contribution in [2.75, 3.05) is 78.7 Å². The maximum atomic E-state index is 5.42. The van der Waals surface area contributed by atoms with E-state index in [0.29, 0.717) is 0 Å². The molecule has 2 saturated heterocycles. The van der Waals surface area contributed by atoms with E-state index in [0.717, 1.165) is 84.5 Å². The zero-order valence-electron chi connectivity index (χ0n) is 18.6. The second-order valence-corrected chi connectivity index (χ2v) is 8.00. The van der Waals surface area contributed by atoms with Crippen molar-refractivity contribution in [2.45, 2.75) is 19.8 Å². The van der Waals surface area contributed by atoms with Crippen LogP contribution in [0.4, 0.5) is 0 Å². The number of unbranched alkanes of at least 4 members (excludes halogenated alkanes) is 1. The van der Waals surface area contributed by atoms with Crippen LogP contribution in [0.15, 0.2) is 41.4 Å². The Balaban J connectivity index is 1.35. The van der Waals surface area contributed by atoms with Gasteiger partial charge in [0.05, 0.1) is 13.2 Å². The highest BCUT2D eigenvalue weighted by Crippen LogP contribution is 2.06. The van der Waals surface area contributed by atoms with Gasteiger partial charge in [0.25, 0.3) is 0 Å². The van der Waals surface area contributed by atoms with Crippen LogP contribution < -0.4 is 5.32 Å². The topological polar surface area (TPSA) is 43.3 Å². The van der Waals surface area contributed by atoms with E-state index in [4.69, 9.17) is 9.73 Å². The molecule has 0 radical (unpaired) electrons. The van der Waals surface area contributed by atoms with Crippen molar-refractivity contribution in [3.63, 3.8) is 0 Å². The van der Waals surface area contributed by atoms with Crippen LogP contribution in [0.2, 0.25) is 0 Å². The van der Waals surface area contributed by atoms with E-state index < -0.39 is 0 Å². The van der Waals surface area contributed by atoms with E-state index >= 15 is 0 Å². The van der Waals surface area contributed by atoms with Gasteiger partial charge in [0.15, 0.2) is 5.96 Å². The summed E-state index contributed by atoms with van der Waals surface area (Å²) in [5, 5.41) is 3.49. The lowest BCUT2D eigenvalue weighted by Crippen LogP contribution is -2.52. The molecule has 1 N–H and O–H groups in total. The zero-order valence-corrected chi connectivity index (χ0v) is 18.6. The summed E-state index contributed by atoms with van der Waals surface area (Å²) >= 11 is 0. The van der Waals surface area contributed by atoms with Crippen LogP contribution in [0.3, 0.4) is 0 Å². The summed E-state index contributed by atoms with van der Waals surface area (Å²) in [6.45, 7) is 14.3. The highest BCUT2D eigenvalue weighted by atomic mass is 16.5. The number of nitrogens with zero attached hydrogens (tertiary/aromatic N) is 4. The van der Waals surface area contributed by atoms with Gasteiger partial charge in [0, 0.05) is 58.9 Å². The first-order chi connectivity index (χ1) is 14.8. The standard InChI is InChI=1S/C24H39N5O/c1-2-25-24(26-12-6-7-13-28-19-21-30-22-20-28)29-17-15-27(16-18-29)14-8-11-23-9-4-3-5-10-23/h3-5,8-11H,2,6-7,12-22H2,1H3,(H,25,26)/b11-8+. The maximum absolute atomic E-state index is 5.42. The molecule has 3 rings (SSSR count). The fraction of sp³-hybridized carbons (Fsp3) is 0.625. The molecule has 0 aliphatic carbocycles. The summed E-state index contributed by atoms with van der Waals surface area (Å²) in [6.07, 6.45) is 6.86. The summed E-state index contributed by atoms with van der Waals surface area (Å²) < 4.78 is 5.42. The minimum absolute atomic E-state index is 0.886. The Kier molecular flexibility index (Phi) is 10.2. The fourth-order valence-corrected chi connectivity index (χ4v) is 3.93. The molecule has 1 aromatic rings. The Labute approximate surface area is 182 Å². The van der Waals surface area contributed by atoms with Crippen molar-refractivity contribution < 1.29 is 4.74 Å². The first kappa shape index (κ1) is 22.8. The smallest absolute Gasteiger partial charge is 0.194 e. The Morgan fingerprint density at radius 1 is 1.00 bits per heavy atom. The van der Waals surface area contributed by atoms with Crippen molar-refractivity contribution in [2.24, 2.45) is 4.99 Å². The predicted octanol–water partition coefficient (Wildman–Crippen LogP) is 2.40. The second kappa shape index (κ2) is 13.4. The molecule has 0 bridgehead atoms. The van der Waals surface area contributed by atoms with Gasteiger partial charge < -0.3 is 15.0 Å². The zero-order chi connectivity index (χ0) is 20.9. The third-order valence-corrected chi connectivity index (χ3v) is 5.73. The summed E-state index contributed by atoms with van der Waals surface area (Å²) in [6, 6.07) is 10.5. The summed E-state index contributed by atoms with van der Waals surface area (Å²) in [5.74, 6) is 1.09. The molecule has 2 aliphatic heterocycles. The van der Waals surface area contributed by atoms with Gasteiger partial charge in [-0.15, -0.1) is 0 Å². The normalized spacial score (nSPS) is 19.5. The van der Waals surface area contributed by atoms with E-state index in [1.54, 1.807) is 0 Å². The highest BCUT2D eigenvalue weighted by molar-refractivity contribution is 5.80. The monoisotopic (exact) mass is 413 g/mol. The van der Waals surface area contributed by atoms with E-state index in [-0.39, 0.29) is 0 Å². The number of rotatable bonds is 9. The minimum Gasteiger partial charge on any atom is -0.379 e. The average molecular weight is 414 g/mol. The lowest BCUT2D eigenvalue weighted by atomic mass is 10.2. The van der Waals surface area contributed by atoms with Gasteiger partial charge >= 0.3 is 0 Å². The third-order valence-electron chi connectivity index (χ3n) is 5.73. The first-order valence-electron chi connectivity index (χ1n) is 11.6. The number of ether oxygens (including phenoxy) is 1. The van der Waals surface area contributed by atoms with Gasteiger partial charge in [0.1, 0.15) is 0 Å². The summed E-state index contributed by atoms with van der Waals surface area (Å²) in [7, 11) is 0. The lowest BCUT2D eigenvalue weighted by molar-refractivity contribution is 0.0373. The molecular weight excluding hydrogens is 374 g/mol. The maximum Gasteiger partial charge on any atom is 0.194 e. The summed E-state index contributed by atoms with van der Waals surface area (Å²) in [4.78, 5) is 12.3. The number of benzene rings is 1. The molecule has 6 heteroatoms.